The molecule has 0 amide bonds. The summed E-state index contributed by atoms with van der Waals surface area (Å²) in [5.41, 5.74) is -0.122. The zero-order valence-corrected chi connectivity index (χ0v) is 16.0. The van der Waals surface area contributed by atoms with E-state index in [2.05, 4.69) is 15.6 Å². The lowest BCUT2D eigenvalue weighted by molar-refractivity contribution is 0.0677. The average Bonchev–Trinajstić information content (AvgIpc) is 3.16. The minimum Gasteiger partial charge on any atom is -0.494 e. The first-order valence-corrected chi connectivity index (χ1v) is 9.61. The predicted octanol–water partition coefficient (Wildman–Crippen LogP) is 3.12. The van der Waals surface area contributed by atoms with Crippen LogP contribution >= 0.6 is 11.3 Å². The van der Waals surface area contributed by atoms with Crippen LogP contribution in [0.4, 0.5) is 4.39 Å². The van der Waals surface area contributed by atoms with Gasteiger partial charge in [0.15, 0.2) is 5.96 Å². The lowest BCUT2D eigenvalue weighted by Crippen LogP contribution is -2.39. The number of guanidine groups is 1. The van der Waals surface area contributed by atoms with E-state index in [0.717, 1.165) is 18.5 Å². The Kier molecular flexibility index (Phi) is 7.87. The van der Waals surface area contributed by atoms with Gasteiger partial charge in [0, 0.05) is 13.1 Å². The first-order chi connectivity index (χ1) is 12.5. The number of hydrogen-bond donors (Lipinski definition) is 3. The van der Waals surface area contributed by atoms with Crippen molar-refractivity contribution in [1.82, 2.24) is 10.6 Å². The monoisotopic (exact) mass is 379 g/mol. The first-order valence-electron chi connectivity index (χ1n) is 8.67. The summed E-state index contributed by atoms with van der Waals surface area (Å²) in [5, 5.41) is 20.8. The predicted molar refractivity (Wildman–Crippen MR) is 104 cm³/mol. The Bertz CT molecular complexity index is 673. The van der Waals surface area contributed by atoms with E-state index in [1.807, 2.05) is 23.8 Å². The highest BCUT2D eigenvalue weighted by atomic mass is 32.1. The molecule has 1 aromatic heterocycles. The highest BCUT2D eigenvalue weighted by Crippen LogP contribution is 2.23. The van der Waals surface area contributed by atoms with Crippen molar-refractivity contribution in [2.45, 2.75) is 25.9 Å². The zero-order chi connectivity index (χ0) is 18.8. The fourth-order valence-electron chi connectivity index (χ4n) is 2.24. The fraction of sp³-hybridized carbons (Fsp3) is 0.421. The molecule has 1 heterocycles. The van der Waals surface area contributed by atoms with Crippen molar-refractivity contribution in [2.75, 3.05) is 26.2 Å². The number of rotatable bonds is 9. The van der Waals surface area contributed by atoms with E-state index < -0.39 is 5.60 Å². The van der Waals surface area contributed by atoms with Crippen molar-refractivity contribution in [1.29, 1.82) is 0 Å². The van der Waals surface area contributed by atoms with Gasteiger partial charge in [-0.05, 0) is 66.9 Å². The lowest BCUT2D eigenvalue weighted by Gasteiger charge is -2.21. The van der Waals surface area contributed by atoms with Crippen LogP contribution in [0.15, 0.2) is 46.1 Å². The number of nitrogens with zero attached hydrogens (tertiary/aromatic N) is 1. The Labute approximate surface area is 157 Å². The van der Waals surface area contributed by atoms with Crippen LogP contribution in [0, 0.1) is 5.82 Å². The second kappa shape index (κ2) is 10.1. The third kappa shape index (κ3) is 6.65. The maximum Gasteiger partial charge on any atom is 0.191 e. The van der Waals surface area contributed by atoms with Crippen molar-refractivity contribution in [3.63, 3.8) is 0 Å². The summed E-state index contributed by atoms with van der Waals surface area (Å²) in [4.78, 5) is 4.47. The third-order valence-electron chi connectivity index (χ3n) is 3.73. The number of halogens is 1. The lowest BCUT2D eigenvalue weighted by atomic mass is 10.00. The highest BCUT2D eigenvalue weighted by molar-refractivity contribution is 7.08. The van der Waals surface area contributed by atoms with Gasteiger partial charge in [0.2, 0.25) is 0 Å². The molecule has 1 unspecified atom stereocenters. The number of aliphatic hydroxyl groups is 1. The largest absolute Gasteiger partial charge is 0.494 e. The third-order valence-corrected chi connectivity index (χ3v) is 4.41. The van der Waals surface area contributed by atoms with Gasteiger partial charge >= 0.3 is 0 Å². The van der Waals surface area contributed by atoms with Crippen LogP contribution in [0.25, 0.3) is 0 Å². The summed E-state index contributed by atoms with van der Waals surface area (Å²) in [5.74, 6) is 1.03. The molecule has 0 aliphatic heterocycles. The molecule has 5 nitrogen and oxygen atoms in total. The molecule has 142 valence electrons. The molecule has 0 saturated heterocycles. The van der Waals surface area contributed by atoms with Gasteiger partial charge in [-0.2, -0.15) is 11.3 Å². The summed E-state index contributed by atoms with van der Waals surface area (Å²) < 4.78 is 18.4. The van der Waals surface area contributed by atoms with E-state index in [9.17, 15) is 9.50 Å². The van der Waals surface area contributed by atoms with Gasteiger partial charge in [-0.1, -0.05) is 0 Å². The number of aliphatic imine (C=N–C) groups is 1. The Morgan fingerprint density at radius 2 is 2.04 bits per heavy atom. The summed E-state index contributed by atoms with van der Waals surface area (Å²) in [6, 6.07) is 7.89. The van der Waals surface area contributed by atoms with Crippen molar-refractivity contribution in [3.05, 3.63) is 52.5 Å². The molecular weight excluding hydrogens is 353 g/mol. The van der Waals surface area contributed by atoms with Crippen molar-refractivity contribution in [3.8, 4) is 5.75 Å². The van der Waals surface area contributed by atoms with E-state index in [-0.39, 0.29) is 12.4 Å². The maximum absolute atomic E-state index is 12.8. The average molecular weight is 380 g/mol. The number of nitrogens with one attached hydrogen (secondary N) is 2. The van der Waals surface area contributed by atoms with Gasteiger partial charge in [0.1, 0.15) is 17.2 Å². The summed E-state index contributed by atoms with van der Waals surface area (Å²) >= 11 is 1.55. The minimum absolute atomic E-state index is 0.269. The molecule has 0 radical (unpaired) electrons. The Hall–Kier alpha value is -2.12. The van der Waals surface area contributed by atoms with Gasteiger partial charge in [-0.25, -0.2) is 9.38 Å². The molecule has 0 fully saturated rings. The van der Waals surface area contributed by atoms with Gasteiger partial charge in [-0.15, -0.1) is 0 Å². The van der Waals surface area contributed by atoms with Gasteiger partial charge in [0.05, 0.1) is 13.2 Å². The molecule has 0 saturated carbocycles. The number of thiophene rings is 1. The van der Waals surface area contributed by atoms with Crippen LogP contribution < -0.4 is 15.4 Å². The molecule has 26 heavy (non-hydrogen) atoms. The molecule has 0 spiro atoms. The second-order valence-corrected chi connectivity index (χ2v) is 6.84. The molecular formula is C19H26FN3O2S. The molecule has 7 heteroatoms. The molecule has 2 rings (SSSR count). The second-order valence-electron chi connectivity index (χ2n) is 6.06. The van der Waals surface area contributed by atoms with E-state index in [0.29, 0.717) is 24.9 Å². The van der Waals surface area contributed by atoms with Crippen molar-refractivity contribution < 1.29 is 14.2 Å². The highest BCUT2D eigenvalue weighted by Gasteiger charge is 2.23. The minimum atomic E-state index is -0.992. The van der Waals surface area contributed by atoms with Crippen LogP contribution in [0.5, 0.6) is 5.75 Å². The molecule has 0 aliphatic carbocycles. The summed E-state index contributed by atoms with van der Waals surface area (Å²) in [6.07, 6.45) is 0.767. The van der Waals surface area contributed by atoms with Crippen LogP contribution in [0.3, 0.4) is 0 Å². The molecule has 3 N–H and O–H groups in total. The molecule has 2 aromatic rings. The van der Waals surface area contributed by atoms with Crippen LogP contribution in [-0.2, 0) is 5.60 Å². The van der Waals surface area contributed by atoms with Crippen LogP contribution in [0.2, 0.25) is 0 Å². The quantitative estimate of drug-likeness (QED) is 0.356. The van der Waals surface area contributed by atoms with E-state index in [1.54, 1.807) is 30.4 Å². The first kappa shape index (κ1) is 20.2. The van der Waals surface area contributed by atoms with Crippen LogP contribution in [-0.4, -0.2) is 37.3 Å². The smallest absolute Gasteiger partial charge is 0.191 e. The summed E-state index contributed by atoms with van der Waals surface area (Å²) in [7, 11) is 0. The van der Waals surface area contributed by atoms with Gasteiger partial charge < -0.3 is 20.5 Å². The maximum atomic E-state index is 12.8. The zero-order valence-electron chi connectivity index (χ0n) is 15.2. The molecule has 1 atom stereocenters. The molecule has 1 aromatic carbocycles. The standard InChI is InChI=1S/C19H26FN3O2S/c1-3-21-18(23-14-19(2,24)15-9-12-26-13-15)22-10-4-11-25-17-7-5-16(20)6-8-17/h5-9,12-13,24H,3-4,10-11,14H2,1-2H3,(H2,21,22,23). The number of ether oxygens (including phenoxy) is 1. The fourth-order valence-corrected chi connectivity index (χ4v) is 3.02. The van der Waals surface area contributed by atoms with Crippen molar-refractivity contribution >= 4 is 17.3 Å². The molecule has 0 bridgehead atoms. The number of benzene rings is 1. The van der Waals surface area contributed by atoms with E-state index >= 15 is 0 Å². The normalized spacial score (nSPS) is 13.9. The van der Waals surface area contributed by atoms with Crippen molar-refractivity contribution in [2.24, 2.45) is 4.99 Å². The Morgan fingerprint density at radius 1 is 1.27 bits per heavy atom. The van der Waals surface area contributed by atoms with E-state index in [4.69, 9.17) is 4.74 Å². The Balaban J connectivity index is 1.75. The Morgan fingerprint density at radius 3 is 2.69 bits per heavy atom. The van der Waals surface area contributed by atoms with Gasteiger partial charge in [0.25, 0.3) is 0 Å². The summed E-state index contributed by atoms with van der Waals surface area (Å²) in [6.45, 7) is 5.95. The van der Waals surface area contributed by atoms with Crippen LogP contribution in [0.1, 0.15) is 25.8 Å². The number of hydrogen-bond acceptors (Lipinski definition) is 4. The SMILES string of the molecule is CCNC(=NCC(C)(O)c1ccsc1)NCCCOc1ccc(F)cc1. The van der Waals surface area contributed by atoms with E-state index in [1.165, 1.54) is 12.1 Å². The topological polar surface area (TPSA) is 65.9 Å². The molecule has 0 aliphatic rings. The van der Waals surface area contributed by atoms with Gasteiger partial charge in [-0.3, -0.25) is 0 Å².